The predicted molar refractivity (Wildman–Crippen MR) is 93.4 cm³/mol. The van der Waals surface area contributed by atoms with Gasteiger partial charge in [-0.25, -0.2) is 0 Å². The molecule has 134 valence electrons. The minimum Gasteiger partial charge on any atom is -0.481 e. The van der Waals surface area contributed by atoms with Crippen LogP contribution in [0.25, 0.3) is 0 Å². The Labute approximate surface area is 147 Å². The SMILES string of the molecule is Cc1ccc(C(=O)NC2CC2)cc1NC(=O)C1CCCC(C(=O)O)C1. The van der Waals surface area contributed by atoms with Crippen molar-refractivity contribution >= 4 is 23.5 Å². The Morgan fingerprint density at radius 3 is 2.48 bits per heavy atom. The van der Waals surface area contributed by atoms with Crippen LogP contribution in [-0.2, 0) is 9.59 Å². The topological polar surface area (TPSA) is 95.5 Å². The van der Waals surface area contributed by atoms with E-state index >= 15 is 0 Å². The van der Waals surface area contributed by atoms with Crippen molar-refractivity contribution in [3.63, 3.8) is 0 Å². The van der Waals surface area contributed by atoms with Gasteiger partial charge in [-0.05, 0) is 56.7 Å². The molecule has 25 heavy (non-hydrogen) atoms. The van der Waals surface area contributed by atoms with Gasteiger partial charge in [0.15, 0.2) is 0 Å². The largest absolute Gasteiger partial charge is 0.481 e. The monoisotopic (exact) mass is 344 g/mol. The molecule has 3 N–H and O–H groups in total. The standard InChI is InChI=1S/C19H24N2O4/c1-11-5-6-13(17(22)20-15-7-8-15)10-16(11)21-18(23)12-3-2-4-14(9-12)19(24)25/h5-6,10,12,14-15H,2-4,7-9H2,1H3,(H,20,22)(H,21,23)(H,24,25). The molecule has 0 heterocycles. The molecule has 0 spiro atoms. The maximum atomic E-state index is 12.6. The second-order valence-electron chi connectivity index (χ2n) is 7.17. The number of hydrogen-bond donors (Lipinski definition) is 3. The maximum absolute atomic E-state index is 12.6. The van der Waals surface area contributed by atoms with Gasteiger partial charge in [0.05, 0.1) is 5.92 Å². The van der Waals surface area contributed by atoms with Crippen molar-refractivity contribution < 1.29 is 19.5 Å². The maximum Gasteiger partial charge on any atom is 0.306 e. The molecule has 0 bridgehead atoms. The van der Waals surface area contributed by atoms with Crippen LogP contribution in [-0.4, -0.2) is 28.9 Å². The van der Waals surface area contributed by atoms with Gasteiger partial charge >= 0.3 is 5.97 Å². The lowest BCUT2D eigenvalue weighted by molar-refractivity contribution is -0.143. The summed E-state index contributed by atoms with van der Waals surface area (Å²) in [5, 5.41) is 15.0. The quantitative estimate of drug-likeness (QED) is 0.765. The first-order chi connectivity index (χ1) is 11.9. The molecule has 0 aromatic heterocycles. The molecule has 6 nitrogen and oxygen atoms in total. The zero-order chi connectivity index (χ0) is 18.0. The summed E-state index contributed by atoms with van der Waals surface area (Å²) in [5.41, 5.74) is 2.02. The molecule has 2 aliphatic carbocycles. The van der Waals surface area contributed by atoms with E-state index in [9.17, 15) is 14.4 Å². The Bertz CT molecular complexity index is 697. The zero-order valence-electron chi connectivity index (χ0n) is 14.4. The molecule has 1 aromatic rings. The van der Waals surface area contributed by atoms with Gasteiger partial charge < -0.3 is 15.7 Å². The number of carbonyl (C=O) groups excluding carboxylic acids is 2. The summed E-state index contributed by atoms with van der Waals surface area (Å²) < 4.78 is 0. The highest BCUT2D eigenvalue weighted by Gasteiger charge is 2.31. The first-order valence-corrected chi connectivity index (χ1v) is 8.89. The second-order valence-corrected chi connectivity index (χ2v) is 7.17. The van der Waals surface area contributed by atoms with Crippen LogP contribution in [0.3, 0.4) is 0 Å². The molecule has 6 heteroatoms. The van der Waals surface area contributed by atoms with Crippen LogP contribution in [0, 0.1) is 18.8 Å². The number of carboxylic acids is 1. The number of carboxylic acid groups (broad SMARTS) is 1. The van der Waals surface area contributed by atoms with Gasteiger partial charge in [-0.15, -0.1) is 0 Å². The van der Waals surface area contributed by atoms with Crippen LogP contribution in [0.2, 0.25) is 0 Å². The van der Waals surface area contributed by atoms with Gasteiger partial charge in [-0.3, -0.25) is 14.4 Å². The van der Waals surface area contributed by atoms with E-state index in [-0.39, 0.29) is 23.8 Å². The van der Waals surface area contributed by atoms with Gasteiger partial charge in [0.25, 0.3) is 5.91 Å². The number of rotatable bonds is 5. The highest BCUT2D eigenvalue weighted by atomic mass is 16.4. The molecule has 2 unspecified atom stereocenters. The fraction of sp³-hybridized carbons (Fsp3) is 0.526. The predicted octanol–water partition coefficient (Wildman–Crippen LogP) is 2.72. The van der Waals surface area contributed by atoms with Gasteiger partial charge in [-0.2, -0.15) is 0 Å². The van der Waals surface area contributed by atoms with Crippen LogP contribution in [0.5, 0.6) is 0 Å². The Morgan fingerprint density at radius 1 is 1.08 bits per heavy atom. The van der Waals surface area contributed by atoms with Crippen LogP contribution in [0.1, 0.15) is 54.4 Å². The summed E-state index contributed by atoms with van der Waals surface area (Å²) in [6.45, 7) is 1.87. The first-order valence-electron chi connectivity index (χ1n) is 8.89. The van der Waals surface area contributed by atoms with E-state index in [0.717, 1.165) is 24.8 Å². The molecule has 2 atom stereocenters. The average molecular weight is 344 g/mol. The molecular weight excluding hydrogens is 320 g/mol. The second kappa shape index (κ2) is 7.25. The number of amides is 2. The summed E-state index contributed by atoms with van der Waals surface area (Å²) in [4.78, 5) is 35.9. The smallest absolute Gasteiger partial charge is 0.306 e. The summed E-state index contributed by atoms with van der Waals surface area (Å²) in [6.07, 6.45) is 4.51. The number of aliphatic carboxylic acids is 1. The molecule has 3 rings (SSSR count). The van der Waals surface area contributed by atoms with Crippen molar-refractivity contribution in [2.24, 2.45) is 11.8 Å². The Hall–Kier alpha value is -2.37. The van der Waals surface area contributed by atoms with Crippen LogP contribution < -0.4 is 10.6 Å². The van der Waals surface area contributed by atoms with Crippen LogP contribution in [0.4, 0.5) is 5.69 Å². The molecule has 0 saturated heterocycles. The van der Waals surface area contributed by atoms with E-state index in [2.05, 4.69) is 10.6 Å². The van der Waals surface area contributed by atoms with Gasteiger partial charge in [0.1, 0.15) is 0 Å². The fourth-order valence-corrected chi connectivity index (χ4v) is 3.28. The number of aryl methyl sites for hydroxylation is 1. The fourth-order valence-electron chi connectivity index (χ4n) is 3.28. The van der Waals surface area contributed by atoms with E-state index in [1.54, 1.807) is 12.1 Å². The zero-order valence-corrected chi connectivity index (χ0v) is 14.4. The lowest BCUT2D eigenvalue weighted by Gasteiger charge is -2.26. The Kier molecular flexibility index (Phi) is 5.06. The number of benzene rings is 1. The molecule has 2 saturated carbocycles. The number of nitrogens with one attached hydrogen (secondary N) is 2. The minimum absolute atomic E-state index is 0.124. The van der Waals surface area contributed by atoms with E-state index in [4.69, 9.17) is 5.11 Å². The van der Waals surface area contributed by atoms with E-state index in [1.165, 1.54) is 0 Å². The third-order valence-corrected chi connectivity index (χ3v) is 5.06. The first kappa shape index (κ1) is 17.5. The van der Waals surface area contributed by atoms with Crippen molar-refractivity contribution in [2.75, 3.05) is 5.32 Å². The van der Waals surface area contributed by atoms with E-state index in [0.29, 0.717) is 30.5 Å². The van der Waals surface area contributed by atoms with Gasteiger partial charge in [0.2, 0.25) is 5.91 Å². The van der Waals surface area contributed by atoms with Gasteiger partial charge in [0, 0.05) is 23.2 Å². The molecule has 2 amide bonds. The third-order valence-electron chi connectivity index (χ3n) is 5.06. The van der Waals surface area contributed by atoms with E-state index < -0.39 is 11.9 Å². The lowest BCUT2D eigenvalue weighted by atomic mass is 9.81. The highest BCUT2D eigenvalue weighted by Crippen LogP contribution is 2.30. The summed E-state index contributed by atoms with van der Waals surface area (Å²) in [5.74, 6) is -1.85. The normalized spacial score (nSPS) is 22.9. The Morgan fingerprint density at radius 2 is 1.80 bits per heavy atom. The molecule has 2 fully saturated rings. The van der Waals surface area contributed by atoms with Crippen LogP contribution in [0.15, 0.2) is 18.2 Å². The van der Waals surface area contributed by atoms with Crippen molar-refractivity contribution in [2.45, 2.75) is 51.5 Å². The van der Waals surface area contributed by atoms with E-state index in [1.807, 2.05) is 13.0 Å². The summed E-state index contributed by atoms with van der Waals surface area (Å²) >= 11 is 0. The van der Waals surface area contributed by atoms with Crippen molar-refractivity contribution in [3.05, 3.63) is 29.3 Å². The average Bonchev–Trinajstić information content (AvgIpc) is 3.40. The lowest BCUT2D eigenvalue weighted by Crippen LogP contribution is -2.31. The number of carbonyl (C=O) groups is 3. The molecule has 0 radical (unpaired) electrons. The molecule has 1 aromatic carbocycles. The Balaban J connectivity index is 1.67. The highest BCUT2D eigenvalue weighted by molar-refractivity contribution is 5.98. The minimum atomic E-state index is -0.826. The summed E-state index contributed by atoms with van der Waals surface area (Å²) in [6, 6.07) is 5.55. The molecule has 2 aliphatic rings. The molecule has 0 aliphatic heterocycles. The van der Waals surface area contributed by atoms with Crippen molar-refractivity contribution in [3.8, 4) is 0 Å². The van der Waals surface area contributed by atoms with Crippen molar-refractivity contribution in [1.29, 1.82) is 0 Å². The summed E-state index contributed by atoms with van der Waals surface area (Å²) in [7, 11) is 0. The molecular formula is C19H24N2O4. The van der Waals surface area contributed by atoms with Crippen LogP contribution >= 0.6 is 0 Å². The van der Waals surface area contributed by atoms with Gasteiger partial charge in [-0.1, -0.05) is 12.5 Å². The van der Waals surface area contributed by atoms with Crippen molar-refractivity contribution in [1.82, 2.24) is 5.32 Å². The third kappa shape index (κ3) is 4.38. The number of anilines is 1. The number of hydrogen-bond acceptors (Lipinski definition) is 3.